The van der Waals surface area contributed by atoms with Gasteiger partial charge in [-0.15, -0.1) is 11.3 Å². The second-order valence-corrected chi connectivity index (χ2v) is 8.92. The van der Waals surface area contributed by atoms with Crippen molar-refractivity contribution < 1.29 is 0 Å². The SMILES string of the molecule is NC(Cc1ccn(C2CCCCC2)n1)c1cc(Br)c(Br)s1. The van der Waals surface area contributed by atoms with E-state index in [1.54, 1.807) is 11.3 Å². The first-order valence-electron chi connectivity index (χ1n) is 7.38. The fourth-order valence-electron chi connectivity index (χ4n) is 2.91. The van der Waals surface area contributed by atoms with Crippen LogP contribution in [0.25, 0.3) is 0 Å². The summed E-state index contributed by atoms with van der Waals surface area (Å²) in [6, 6.07) is 4.81. The lowest BCUT2D eigenvalue weighted by Gasteiger charge is -2.21. The first-order valence-corrected chi connectivity index (χ1v) is 9.78. The van der Waals surface area contributed by atoms with Crippen molar-refractivity contribution in [2.75, 3.05) is 0 Å². The van der Waals surface area contributed by atoms with Gasteiger partial charge in [-0.05, 0) is 56.8 Å². The number of nitrogens with two attached hydrogens (primary N) is 1. The van der Waals surface area contributed by atoms with Crippen LogP contribution < -0.4 is 5.73 Å². The zero-order chi connectivity index (χ0) is 14.8. The molecule has 1 fully saturated rings. The third-order valence-corrected chi connectivity index (χ3v) is 7.46. The second-order valence-electron chi connectivity index (χ2n) is 5.66. The Morgan fingerprint density at radius 3 is 2.76 bits per heavy atom. The summed E-state index contributed by atoms with van der Waals surface area (Å²) in [4.78, 5) is 1.18. The van der Waals surface area contributed by atoms with Crippen LogP contribution in [0, 0.1) is 0 Å². The van der Waals surface area contributed by atoms with Crippen molar-refractivity contribution in [2.24, 2.45) is 5.73 Å². The second kappa shape index (κ2) is 6.94. The minimum Gasteiger partial charge on any atom is -0.323 e. The lowest BCUT2D eigenvalue weighted by atomic mass is 9.96. The van der Waals surface area contributed by atoms with E-state index in [1.807, 2.05) is 0 Å². The molecular weight excluding hydrogens is 414 g/mol. The van der Waals surface area contributed by atoms with Crippen LogP contribution >= 0.6 is 43.2 Å². The molecule has 0 aliphatic heterocycles. The summed E-state index contributed by atoms with van der Waals surface area (Å²) in [7, 11) is 0. The van der Waals surface area contributed by atoms with Crippen LogP contribution in [0.15, 0.2) is 26.6 Å². The highest BCUT2D eigenvalue weighted by Gasteiger charge is 2.18. The van der Waals surface area contributed by atoms with E-state index in [1.165, 1.54) is 37.0 Å². The molecule has 0 bridgehead atoms. The molecule has 2 heterocycles. The molecule has 2 N–H and O–H groups in total. The van der Waals surface area contributed by atoms with E-state index in [4.69, 9.17) is 10.8 Å². The lowest BCUT2D eigenvalue weighted by molar-refractivity contribution is 0.328. The molecule has 0 radical (unpaired) electrons. The predicted molar refractivity (Wildman–Crippen MR) is 94.7 cm³/mol. The van der Waals surface area contributed by atoms with Gasteiger partial charge in [0.2, 0.25) is 0 Å². The Bertz CT molecular complexity index is 582. The summed E-state index contributed by atoms with van der Waals surface area (Å²) in [5, 5.41) is 4.75. The maximum Gasteiger partial charge on any atom is 0.0843 e. The van der Waals surface area contributed by atoms with Crippen LogP contribution in [0.3, 0.4) is 0 Å². The van der Waals surface area contributed by atoms with E-state index in [0.29, 0.717) is 6.04 Å². The smallest absolute Gasteiger partial charge is 0.0843 e. The molecule has 0 amide bonds. The Morgan fingerprint density at radius 1 is 1.33 bits per heavy atom. The van der Waals surface area contributed by atoms with E-state index < -0.39 is 0 Å². The fourth-order valence-corrected chi connectivity index (χ4v) is 5.00. The average molecular weight is 433 g/mol. The molecule has 1 aliphatic carbocycles. The van der Waals surface area contributed by atoms with Crippen molar-refractivity contribution in [3.8, 4) is 0 Å². The Hall–Kier alpha value is -0.170. The van der Waals surface area contributed by atoms with Crippen molar-refractivity contribution in [1.29, 1.82) is 0 Å². The lowest BCUT2D eigenvalue weighted by Crippen LogP contribution is -2.15. The maximum atomic E-state index is 6.32. The van der Waals surface area contributed by atoms with E-state index in [0.717, 1.165) is 20.4 Å². The maximum absolute atomic E-state index is 6.32. The van der Waals surface area contributed by atoms with Crippen molar-refractivity contribution >= 4 is 43.2 Å². The molecule has 2 aromatic rings. The zero-order valence-electron chi connectivity index (χ0n) is 11.8. The Labute approximate surface area is 146 Å². The number of hydrogen-bond donors (Lipinski definition) is 1. The van der Waals surface area contributed by atoms with Gasteiger partial charge in [-0.3, -0.25) is 4.68 Å². The van der Waals surface area contributed by atoms with Gasteiger partial charge in [0.15, 0.2) is 0 Å². The molecule has 0 spiro atoms. The minimum absolute atomic E-state index is 0.00676. The highest BCUT2D eigenvalue weighted by atomic mass is 79.9. The summed E-state index contributed by atoms with van der Waals surface area (Å²) >= 11 is 8.72. The van der Waals surface area contributed by atoms with Gasteiger partial charge in [0.1, 0.15) is 0 Å². The van der Waals surface area contributed by atoms with Crippen LogP contribution in [0.5, 0.6) is 0 Å². The molecule has 1 aliphatic rings. The number of aromatic nitrogens is 2. The predicted octanol–water partition coefficient (Wildman–Crippen LogP) is 5.22. The van der Waals surface area contributed by atoms with Crippen LogP contribution in [-0.2, 0) is 6.42 Å². The summed E-state index contributed by atoms with van der Waals surface area (Å²) in [6.07, 6.45) is 9.47. The molecule has 1 saturated carbocycles. The number of thiophene rings is 1. The van der Waals surface area contributed by atoms with Crippen molar-refractivity contribution in [1.82, 2.24) is 9.78 Å². The first kappa shape index (κ1) is 15.7. The third-order valence-electron chi connectivity index (χ3n) is 4.07. The molecule has 3 nitrogen and oxygen atoms in total. The molecule has 0 aromatic carbocycles. The van der Waals surface area contributed by atoms with Crippen molar-refractivity contribution in [3.63, 3.8) is 0 Å². The van der Waals surface area contributed by atoms with E-state index in [9.17, 15) is 0 Å². The summed E-state index contributed by atoms with van der Waals surface area (Å²) in [5.41, 5.74) is 7.41. The number of nitrogens with zero attached hydrogens (tertiary/aromatic N) is 2. The highest BCUT2D eigenvalue weighted by Crippen LogP contribution is 2.35. The van der Waals surface area contributed by atoms with Crippen molar-refractivity contribution in [2.45, 2.75) is 50.6 Å². The topological polar surface area (TPSA) is 43.8 Å². The summed E-state index contributed by atoms with van der Waals surface area (Å²) in [5.74, 6) is 0. The van der Waals surface area contributed by atoms with Gasteiger partial charge in [0.25, 0.3) is 0 Å². The molecular formula is C15H19Br2N3S. The third kappa shape index (κ3) is 3.78. The van der Waals surface area contributed by atoms with Crippen LogP contribution in [-0.4, -0.2) is 9.78 Å². The number of rotatable bonds is 4. The largest absolute Gasteiger partial charge is 0.323 e. The fraction of sp³-hybridized carbons (Fsp3) is 0.533. The van der Waals surface area contributed by atoms with Crippen LogP contribution in [0.4, 0.5) is 0 Å². The Balaban J connectivity index is 1.66. The molecule has 3 rings (SSSR count). The quantitative estimate of drug-likeness (QED) is 0.719. The normalized spacial score (nSPS) is 18.0. The molecule has 0 saturated heterocycles. The zero-order valence-corrected chi connectivity index (χ0v) is 15.8. The van der Waals surface area contributed by atoms with Gasteiger partial charge in [0.05, 0.1) is 15.5 Å². The van der Waals surface area contributed by atoms with Crippen LogP contribution in [0.2, 0.25) is 0 Å². The molecule has 1 atom stereocenters. The number of halogens is 2. The molecule has 21 heavy (non-hydrogen) atoms. The molecule has 2 aromatic heterocycles. The molecule has 114 valence electrons. The van der Waals surface area contributed by atoms with Gasteiger partial charge in [0, 0.05) is 28.0 Å². The van der Waals surface area contributed by atoms with Gasteiger partial charge < -0.3 is 5.73 Å². The highest BCUT2D eigenvalue weighted by molar-refractivity contribution is 9.13. The first-order chi connectivity index (χ1) is 10.1. The van der Waals surface area contributed by atoms with Crippen LogP contribution in [0.1, 0.15) is 54.8 Å². The van der Waals surface area contributed by atoms with E-state index >= 15 is 0 Å². The Kier molecular flexibility index (Phi) is 5.19. The summed E-state index contributed by atoms with van der Waals surface area (Å²) < 4.78 is 4.33. The van der Waals surface area contributed by atoms with Gasteiger partial charge in [-0.25, -0.2) is 0 Å². The standard InChI is InChI=1S/C15H19Br2N3S/c16-12-9-14(21-15(12)17)13(18)8-10-6-7-20(19-10)11-4-2-1-3-5-11/h6-7,9,11,13H,1-5,8,18H2. The van der Waals surface area contributed by atoms with Gasteiger partial charge in [-0.2, -0.15) is 5.10 Å². The van der Waals surface area contributed by atoms with Gasteiger partial charge in [-0.1, -0.05) is 19.3 Å². The van der Waals surface area contributed by atoms with E-state index in [2.05, 4.69) is 54.9 Å². The Morgan fingerprint density at radius 2 is 2.10 bits per heavy atom. The van der Waals surface area contributed by atoms with E-state index in [-0.39, 0.29) is 6.04 Å². The number of hydrogen-bond acceptors (Lipinski definition) is 3. The minimum atomic E-state index is 0.00676. The monoisotopic (exact) mass is 431 g/mol. The van der Waals surface area contributed by atoms with Gasteiger partial charge >= 0.3 is 0 Å². The average Bonchev–Trinajstić information content (AvgIpc) is 3.08. The molecule has 1 unspecified atom stereocenters. The molecule has 6 heteroatoms. The van der Waals surface area contributed by atoms with Crippen molar-refractivity contribution in [3.05, 3.63) is 37.2 Å². The summed E-state index contributed by atoms with van der Waals surface area (Å²) in [6.45, 7) is 0.